The lowest BCUT2D eigenvalue weighted by Crippen LogP contribution is -2.34. The summed E-state index contributed by atoms with van der Waals surface area (Å²) in [4.78, 5) is 13.5. The maximum Gasteiger partial charge on any atom is 0.322 e. The smallest absolute Gasteiger partial charge is 0.322 e. The van der Waals surface area contributed by atoms with Crippen LogP contribution in [0.2, 0.25) is 0 Å². The van der Waals surface area contributed by atoms with Gasteiger partial charge in [0.05, 0.1) is 13.7 Å². The zero-order chi connectivity index (χ0) is 15.9. The fourth-order valence-electron chi connectivity index (χ4n) is 1.76. The fourth-order valence-corrected chi connectivity index (χ4v) is 1.76. The number of nitrogens with one attached hydrogen (secondary N) is 1. The summed E-state index contributed by atoms with van der Waals surface area (Å²) in [6, 6.07) is 8.82. The molecule has 1 heterocycles. The molecule has 0 fully saturated rings. The first-order valence-corrected chi connectivity index (χ1v) is 6.87. The summed E-state index contributed by atoms with van der Waals surface area (Å²) in [5, 5.41) is 6.80. The number of carbonyl (C=O) groups excluding carboxylic acids is 1. The quantitative estimate of drug-likeness (QED) is 0.886. The lowest BCUT2D eigenvalue weighted by molar-refractivity contribution is 0.207. The van der Waals surface area contributed by atoms with Gasteiger partial charge in [-0.05, 0) is 24.3 Å². The molecule has 0 aliphatic heterocycles. The van der Waals surface area contributed by atoms with E-state index < -0.39 is 0 Å². The Morgan fingerprint density at radius 2 is 1.95 bits per heavy atom. The van der Waals surface area contributed by atoms with Crippen molar-refractivity contribution in [2.75, 3.05) is 32.6 Å². The summed E-state index contributed by atoms with van der Waals surface area (Å²) in [5.41, 5.74) is 0. The number of aromatic nitrogens is 2. The Balaban J connectivity index is 1.74. The molecule has 1 aromatic carbocycles. The molecular weight excluding hydrogens is 284 g/mol. The van der Waals surface area contributed by atoms with Gasteiger partial charge in [-0.25, -0.2) is 4.79 Å². The molecule has 0 aliphatic carbocycles. The topological polar surface area (TPSA) is 68.6 Å². The molecule has 0 atom stereocenters. The van der Waals surface area contributed by atoms with Crippen LogP contribution in [-0.2, 0) is 7.05 Å². The van der Waals surface area contributed by atoms with E-state index in [1.54, 1.807) is 38.2 Å². The zero-order valence-electron chi connectivity index (χ0n) is 12.9. The van der Waals surface area contributed by atoms with E-state index in [4.69, 9.17) is 9.47 Å². The highest BCUT2D eigenvalue weighted by molar-refractivity contribution is 5.87. The normalized spacial score (nSPS) is 10.1. The summed E-state index contributed by atoms with van der Waals surface area (Å²) >= 11 is 0. The van der Waals surface area contributed by atoms with Crippen LogP contribution >= 0.6 is 0 Å². The zero-order valence-corrected chi connectivity index (χ0v) is 12.9. The Morgan fingerprint density at radius 3 is 2.55 bits per heavy atom. The van der Waals surface area contributed by atoms with E-state index in [0.717, 1.165) is 11.5 Å². The molecule has 1 N–H and O–H groups in total. The molecule has 118 valence electrons. The second-order valence-corrected chi connectivity index (χ2v) is 4.75. The number of ether oxygens (including phenoxy) is 2. The van der Waals surface area contributed by atoms with Crippen molar-refractivity contribution >= 4 is 11.8 Å². The molecule has 0 unspecified atom stereocenters. The maximum atomic E-state index is 11.9. The number of methoxy groups -OCH3 is 1. The predicted octanol–water partition coefficient (Wildman–Crippen LogP) is 1.97. The van der Waals surface area contributed by atoms with Gasteiger partial charge in [0, 0.05) is 26.4 Å². The van der Waals surface area contributed by atoms with E-state index in [0.29, 0.717) is 19.0 Å². The Morgan fingerprint density at radius 1 is 1.27 bits per heavy atom. The largest absolute Gasteiger partial charge is 0.497 e. The molecule has 2 amide bonds. The molecule has 2 rings (SSSR count). The molecule has 0 bridgehead atoms. The minimum Gasteiger partial charge on any atom is -0.497 e. The lowest BCUT2D eigenvalue weighted by Gasteiger charge is -2.17. The summed E-state index contributed by atoms with van der Waals surface area (Å²) in [6.07, 6.45) is 1.77. The maximum absolute atomic E-state index is 11.9. The number of rotatable bonds is 6. The van der Waals surface area contributed by atoms with Crippen LogP contribution in [0.25, 0.3) is 0 Å². The van der Waals surface area contributed by atoms with Crippen molar-refractivity contribution in [1.29, 1.82) is 0 Å². The van der Waals surface area contributed by atoms with Crippen molar-refractivity contribution in [3.05, 3.63) is 36.5 Å². The van der Waals surface area contributed by atoms with Gasteiger partial charge in [0.25, 0.3) is 0 Å². The number of hydrogen-bond acceptors (Lipinski definition) is 4. The van der Waals surface area contributed by atoms with Crippen LogP contribution in [0.15, 0.2) is 36.5 Å². The predicted molar refractivity (Wildman–Crippen MR) is 83.3 cm³/mol. The van der Waals surface area contributed by atoms with Crippen molar-refractivity contribution in [2.45, 2.75) is 0 Å². The molecule has 7 heteroatoms. The number of hydrogen-bond donors (Lipinski definition) is 1. The Hall–Kier alpha value is -2.70. The van der Waals surface area contributed by atoms with Crippen molar-refractivity contribution < 1.29 is 14.3 Å². The Bertz CT molecular complexity index is 610. The number of urea groups is 1. The molecule has 2 aromatic rings. The number of anilines is 1. The van der Waals surface area contributed by atoms with Crippen molar-refractivity contribution in [3.8, 4) is 11.5 Å². The number of likely N-dealkylation sites (N-methyl/N-ethyl adjacent to an activating group) is 1. The van der Waals surface area contributed by atoms with E-state index in [-0.39, 0.29) is 6.03 Å². The number of nitrogens with zero attached hydrogens (tertiary/aromatic N) is 3. The first-order chi connectivity index (χ1) is 10.6. The van der Waals surface area contributed by atoms with Gasteiger partial charge in [-0.1, -0.05) is 0 Å². The third-order valence-electron chi connectivity index (χ3n) is 3.05. The molecule has 7 nitrogen and oxygen atoms in total. The molecule has 0 saturated heterocycles. The molecule has 0 radical (unpaired) electrons. The standard InChI is InChI=1S/C15H20N4O3/c1-18(15(20)16-14-8-9-19(2)17-14)10-11-22-13-6-4-12(21-3)5-7-13/h4-9H,10-11H2,1-3H3,(H,16,17,20). The molecule has 0 spiro atoms. The highest BCUT2D eigenvalue weighted by atomic mass is 16.5. The van der Waals surface area contributed by atoms with Crippen LogP contribution in [0, 0.1) is 0 Å². The minimum absolute atomic E-state index is 0.225. The van der Waals surface area contributed by atoms with E-state index in [1.807, 2.05) is 24.3 Å². The fraction of sp³-hybridized carbons (Fsp3) is 0.333. The molecule has 0 aliphatic rings. The van der Waals surface area contributed by atoms with E-state index in [1.165, 1.54) is 4.90 Å². The first-order valence-electron chi connectivity index (χ1n) is 6.87. The van der Waals surface area contributed by atoms with Gasteiger partial charge in [-0.2, -0.15) is 5.10 Å². The lowest BCUT2D eigenvalue weighted by atomic mass is 10.3. The summed E-state index contributed by atoms with van der Waals surface area (Å²) < 4.78 is 12.3. The number of aryl methyl sites for hydroxylation is 1. The number of carbonyl (C=O) groups is 1. The van der Waals surface area contributed by atoms with E-state index in [2.05, 4.69) is 10.4 Å². The van der Waals surface area contributed by atoms with Crippen LogP contribution < -0.4 is 14.8 Å². The Labute approximate surface area is 129 Å². The molecule has 22 heavy (non-hydrogen) atoms. The van der Waals surface area contributed by atoms with Gasteiger partial charge in [0.2, 0.25) is 0 Å². The second-order valence-electron chi connectivity index (χ2n) is 4.75. The van der Waals surface area contributed by atoms with Crippen LogP contribution in [0.1, 0.15) is 0 Å². The molecular formula is C15H20N4O3. The van der Waals surface area contributed by atoms with Gasteiger partial charge >= 0.3 is 6.03 Å². The van der Waals surface area contributed by atoms with Crippen LogP contribution in [0.3, 0.4) is 0 Å². The van der Waals surface area contributed by atoms with Gasteiger partial charge in [0.1, 0.15) is 18.1 Å². The SMILES string of the molecule is COc1ccc(OCCN(C)C(=O)Nc2ccn(C)n2)cc1. The van der Waals surface area contributed by atoms with Crippen molar-refractivity contribution in [2.24, 2.45) is 7.05 Å². The molecule has 1 aromatic heterocycles. The summed E-state index contributed by atoms with van der Waals surface area (Å²) in [5.74, 6) is 2.04. The average Bonchev–Trinajstić information content (AvgIpc) is 2.93. The minimum atomic E-state index is -0.225. The second kappa shape index (κ2) is 7.35. The Kier molecular flexibility index (Phi) is 5.24. The van der Waals surface area contributed by atoms with Gasteiger partial charge in [-0.3, -0.25) is 10.00 Å². The third-order valence-corrected chi connectivity index (χ3v) is 3.05. The summed E-state index contributed by atoms with van der Waals surface area (Å²) in [7, 11) is 5.11. The van der Waals surface area contributed by atoms with Gasteiger partial charge in [-0.15, -0.1) is 0 Å². The van der Waals surface area contributed by atoms with Gasteiger partial charge < -0.3 is 14.4 Å². The van der Waals surface area contributed by atoms with Crippen LogP contribution in [0.4, 0.5) is 10.6 Å². The average molecular weight is 304 g/mol. The van der Waals surface area contributed by atoms with E-state index in [9.17, 15) is 4.79 Å². The monoisotopic (exact) mass is 304 g/mol. The highest BCUT2D eigenvalue weighted by Gasteiger charge is 2.10. The highest BCUT2D eigenvalue weighted by Crippen LogP contribution is 2.16. The summed E-state index contributed by atoms with van der Waals surface area (Å²) in [6.45, 7) is 0.864. The van der Waals surface area contributed by atoms with Crippen LogP contribution in [-0.4, -0.2) is 48.0 Å². The van der Waals surface area contributed by atoms with Crippen LogP contribution in [0.5, 0.6) is 11.5 Å². The third kappa shape index (κ3) is 4.41. The van der Waals surface area contributed by atoms with Crippen molar-refractivity contribution in [3.63, 3.8) is 0 Å². The van der Waals surface area contributed by atoms with E-state index >= 15 is 0 Å². The first kappa shape index (κ1) is 15.7. The van der Waals surface area contributed by atoms with Gasteiger partial charge in [0.15, 0.2) is 5.82 Å². The van der Waals surface area contributed by atoms with Crippen molar-refractivity contribution in [1.82, 2.24) is 14.7 Å². The number of amides is 2. The number of benzene rings is 1. The molecule has 0 saturated carbocycles.